The van der Waals surface area contributed by atoms with Gasteiger partial charge in [0.15, 0.2) is 5.82 Å². The van der Waals surface area contributed by atoms with Gasteiger partial charge >= 0.3 is 0 Å². The zero-order valence-corrected chi connectivity index (χ0v) is 16.2. The van der Waals surface area contributed by atoms with Crippen molar-refractivity contribution in [1.82, 2.24) is 25.1 Å². The molecule has 0 aliphatic heterocycles. The van der Waals surface area contributed by atoms with E-state index in [0.717, 1.165) is 42.8 Å². The summed E-state index contributed by atoms with van der Waals surface area (Å²) < 4.78 is 1.91. The van der Waals surface area contributed by atoms with E-state index in [1.165, 1.54) is 5.56 Å². The van der Waals surface area contributed by atoms with E-state index >= 15 is 0 Å². The van der Waals surface area contributed by atoms with Crippen LogP contribution >= 0.6 is 0 Å². The predicted molar refractivity (Wildman–Crippen MR) is 110 cm³/mol. The lowest BCUT2D eigenvalue weighted by atomic mass is 10.2. The third-order valence-corrected chi connectivity index (χ3v) is 5.48. The number of carbonyl (C=O) groups excluding carboxylic acids is 1. The van der Waals surface area contributed by atoms with Crippen LogP contribution < -0.4 is 5.32 Å². The second-order valence-electron chi connectivity index (χ2n) is 7.85. The Morgan fingerprint density at radius 2 is 1.79 bits per heavy atom. The van der Waals surface area contributed by atoms with E-state index in [4.69, 9.17) is 0 Å². The molecule has 1 N–H and O–H groups in total. The van der Waals surface area contributed by atoms with Crippen LogP contribution in [-0.4, -0.2) is 43.6 Å². The minimum absolute atomic E-state index is 0.137. The van der Waals surface area contributed by atoms with Gasteiger partial charge in [0.2, 0.25) is 5.91 Å². The number of nitrogens with zero attached hydrogens (tertiary/aromatic N) is 5. The third-order valence-electron chi connectivity index (χ3n) is 5.48. The lowest BCUT2D eigenvalue weighted by molar-refractivity contribution is -0.130. The fourth-order valence-corrected chi connectivity index (χ4v) is 3.55. The highest BCUT2D eigenvalue weighted by Gasteiger charge is 2.32. The van der Waals surface area contributed by atoms with Crippen molar-refractivity contribution in [2.45, 2.75) is 44.3 Å². The van der Waals surface area contributed by atoms with Gasteiger partial charge in [-0.05, 0) is 65.9 Å². The summed E-state index contributed by atoms with van der Waals surface area (Å²) in [6.07, 6.45) is 4.48. The van der Waals surface area contributed by atoms with Crippen LogP contribution in [0.3, 0.4) is 0 Å². The summed E-state index contributed by atoms with van der Waals surface area (Å²) in [5, 5.41) is 15.3. The van der Waals surface area contributed by atoms with Gasteiger partial charge in [-0.1, -0.05) is 30.3 Å². The van der Waals surface area contributed by atoms with Crippen molar-refractivity contribution in [2.75, 3.05) is 11.9 Å². The van der Waals surface area contributed by atoms with E-state index in [1.807, 2.05) is 52.0 Å². The minimum atomic E-state index is 0.137. The normalized spacial score (nSPS) is 15.9. The standard InChI is InChI=1S/C22H24N6O/c29-21(27(19-10-11-19)15-16-4-2-1-3-5-16)14-23-18-8-6-17(7-9-18)22-24-25-26-28(22)20-12-13-20/h1-9,19-20,23H,10-15H2. The van der Waals surface area contributed by atoms with E-state index in [2.05, 4.69) is 33.0 Å². The average molecular weight is 388 g/mol. The number of hydrogen-bond acceptors (Lipinski definition) is 5. The predicted octanol–water partition coefficient (Wildman–Crippen LogP) is 3.28. The first-order valence-electron chi connectivity index (χ1n) is 10.2. The van der Waals surface area contributed by atoms with Gasteiger partial charge in [-0.3, -0.25) is 4.79 Å². The largest absolute Gasteiger partial charge is 0.376 e. The molecule has 0 spiro atoms. The van der Waals surface area contributed by atoms with Crippen molar-refractivity contribution in [3.63, 3.8) is 0 Å². The fraction of sp³-hybridized carbons (Fsp3) is 0.364. The first-order valence-corrected chi connectivity index (χ1v) is 10.2. The molecule has 5 rings (SSSR count). The highest BCUT2D eigenvalue weighted by molar-refractivity contribution is 5.81. The number of amides is 1. The lowest BCUT2D eigenvalue weighted by Crippen LogP contribution is -2.36. The molecule has 7 nitrogen and oxygen atoms in total. The topological polar surface area (TPSA) is 75.9 Å². The Bertz CT molecular complexity index is 976. The van der Waals surface area contributed by atoms with Crippen LogP contribution in [0.1, 0.15) is 37.3 Å². The van der Waals surface area contributed by atoms with E-state index in [-0.39, 0.29) is 5.91 Å². The molecule has 0 unspecified atom stereocenters. The number of carbonyl (C=O) groups is 1. The van der Waals surface area contributed by atoms with Crippen molar-refractivity contribution in [2.24, 2.45) is 0 Å². The highest BCUT2D eigenvalue weighted by Crippen LogP contribution is 2.36. The molecule has 0 saturated heterocycles. The van der Waals surface area contributed by atoms with E-state index in [9.17, 15) is 4.79 Å². The number of aromatic nitrogens is 4. The SMILES string of the molecule is O=C(CNc1ccc(-c2nnnn2C2CC2)cc1)N(Cc1ccccc1)C1CC1. The van der Waals surface area contributed by atoms with Gasteiger partial charge < -0.3 is 10.2 Å². The molecular formula is C22H24N6O. The summed E-state index contributed by atoms with van der Waals surface area (Å²) >= 11 is 0. The van der Waals surface area contributed by atoms with Gasteiger partial charge in [0, 0.05) is 23.8 Å². The average Bonchev–Trinajstić information content (AvgIpc) is 3.70. The summed E-state index contributed by atoms with van der Waals surface area (Å²) in [5.41, 5.74) is 3.08. The summed E-state index contributed by atoms with van der Waals surface area (Å²) in [4.78, 5) is 14.8. The number of rotatable bonds is 8. The molecule has 2 saturated carbocycles. The molecule has 0 atom stereocenters. The van der Waals surface area contributed by atoms with Crippen molar-refractivity contribution in [3.05, 3.63) is 60.2 Å². The van der Waals surface area contributed by atoms with E-state index in [0.29, 0.717) is 25.2 Å². The van der Waals surface area contributed by atoms with Crippen LogP contribution in [0.4, 0.5) is 5.69 Å². The summed E-state index contributed by atoms with van der Waals surface area (Å²) in [6.45, 7) is 0.970. The van der Waals surface area contributed by atoms with Gasteiger partial charge in [-0.2, -0.15) is 0 Å². The Labute approximate surface area is 169 Å². The zero-order valence-electron chi connectivity index (χ0n) is 16.2. The Kier molecular flexibility index (Phi) is 4.71. The first kappa shape index (κ1) is 17.8. The quantitative estimate of drug-likeness (QED) is 0.641. The maximum atomic E-state index is 12.8. The molecule has 3 aromatic rings. The maximum Gasteiger partial charge on any atom is 0.242 e. The van der Waals surface area contributed by atoms with Crippen LogP contribution in [-0.2, 0) is 11.3 Å². The molecule has 1 heterocycles. The van der Waals surface area contributed by atoms with Crippen LogP contribution in [0.25, 0.3) is 11.4 Å². The van der Waals surface area contributed by atoms with Crippen molar-refractivity contribution in [3.8, 4) is 11.4 Å². The Balaban J connectivity index is 1.21. The first-order chi connectivity index (χ1) is 14.3. The summed E-state index contributed by atoms with van der Waals surface area (Å²) in [6, 6.07) is 19.0. The second kappa shape index (κ2) is 7.66. The summed E-state index contributed by atoms with van der Waals surface area (Å²) in [7, 11) is 0. The third kappa shape index (κ3) is 4.13. The Morgan fingerprint density at radius 3 is 2.48 bits per heavy atom. The van der Waals surface area contributed by atoms with Crippen molar-refractivity contribution >= 4 is 11.6 Å². The zero-order chi connectivity index (χ0) is 19.6. The van der Waals surface area contributed by atoms with Gasteiger partial charge in [0.05, 0.1) is 12.6 Å². The molecule has 0 radical (unpaired) electrons. The molecular weight excluding hydrogens is 364 g/mol. The Hall–Kier alpha value is -3.22. The van der Waals surface area contributed by atoms with Crippen molar-refractivity contribution < 1.29 is 4.79 Å². The molecule has 2 aliphatic carbocycles. The molecule has 2 fully saturated rings. The molecule has 29 heavy (non-hydrogen) atoms. The van der Waals surface area contributed by atoms with Crippen LogP contribution in [0.2, 0.25) is 0 Å². The second-order valence-corrected chi connectivity index (χ2v) is 7.85. The number of hydrogen-bond donors (Lipinski definition) is 1. The monoisotopic (exact) mass is 388 g/mol. The maximum absolute atomic E-state index is 12.8. The van der Waals surface area contributed by atoms with E-state index in [1.54, 1.807) is 0 Å². The van der Waals surface area contributed by atoms with Crippen LogP contribution in [0, 0.1) is 0 Å². The number of benzene rings is 2. The Morgan fingerprint density at radius 1 is 1.03 bits per heavy atom. The van der Waals surface area contributed by atoms with Gasteiger partial charge in [-0.15, -0.1) is 5.10 Å². The van der Waals surface area contributed by atoms with Gasteiger partial charge in [-0.25, -0.2) is 4.68 Å². The molecule has 0 bridgehead atoms. The number of anilines is 1. The lowest BCUT2D eigenvalue weighted by Gasteiger charge is -2.23. The molecule has 1 aromatic heterocycles. The highest BCUT2D eigenvalue weighted by atomic mass is 16.2. The molecule has 148 valence electrons. The van der Waals surface area contributed by atoms with Gasteiger partial charge in [0.1, 0.15) is 0 Å². The van der Waals surface area contributed by atoms with Gasteiger partial charge in [0.25, 0.3) is 0 Å². The molecule has 1 amide bonds. The minimum Gasteiger partial charge on any atom is -0.376 e. The van der Waals surface area contributed by atoms with Crippen molar-refractivity contribution in [1.29, 1.82) is 0 Å². The van der Waals surface area contributed by atoms with E-state index < -0.39 is 0 Å². The number of nitrogens with one attached hydrogen (secondary N) is 1. The fourth-order valence-electron chi connectivity index (χ4n) is 3.55. The smallest absolute Gasteiger partial charge is 0.242 e. The molecule has 2 aromatic carbocycles. The summed E-state index contributed by atoms with van der Waals surface area (Å²) in [5.74, 6) is 0.941. The molecule has 2 aliphatic rings. The number of tetrazole rings is 1. The molecule has 7 heteroatoms. The van der Waals surface area contributed by atoms with Crippen LogP contribution in [0.5, 0.6) is 0 Å². The van der Waals surface area contributed by atoms with Crippen LogP contribution in [0.15, 0.2) is 54.6 Å².